The molecule has 0 atom stereocenters. The first-order chi connectivity index (χ1) is 9.03. The average molecular weight is 279 g/mol. The Morgan fingerprint density at radius 3 is 2.84 bits per heavy atom. The summed E-state index contributed by atoms with van der Waals surface area (Å²) in [6.07, 6.45) is 4.28. The topological polar surface area (TPSA) is 61.8 Å². The fourth-order valence-corrected chi connectivity index (χ4v) is 3.25. The van der Waals surface area contributed by atoms with Gasteiger partial charge in [-0.05, 0) is 36.6 Å². The maximum atomic E-state index is 11.2. The van der Waals surface area contributed by atoms with Crippen molar-refractivity contribution in [2.45, 2.75) is 19.3 Å². The Morgan fingerprint density at radius 1 is 1.32 bits per heavy atom. The number of nitrogens with one attached hydrogen (secondary N) is 1. The molecule has 0 aromatic heterocycles. The third-order valence-electron chi connectivity index (χ3n) is 3.44. The second kappa shape index (κ2) is 4.52. The van der Waals surface area contributed by atoms with Gasteiger partial charge in [0, 0.05) is 30.9 Å². The Labute approximate surface area is 113 Å². The summed E-state index contributed by atoms with van der Waals surface area (Å²) in [5.41, 5.74) is 2.99. The SMILES string of the molecule is CS(=O)(=O)Nc1ccc2c(c1)CCN2C1=NCCC1. The van der Waals surface area contributed by atoms with Gasteiger partial charge in [-0.2, -0.15) is 0 Å². The van der Waals surface area contributed by atoms with Crippen LogP contribution >= 0.6 is 0 Å². The van der Waals surface area contributed by atoms with E-state index in [1.165, 1.54) is 23.3 Å². The van der Waals surface area contributed by atoms with Crippen LogP contribution in [0.15, 0.2) is 23.2 Å². The van der Waals surface area contributed by atoms with Crippen LogP contribution in [0.4, 0.5) is 11.4 Å². The zero-order chi connectivity index (χ0) is 13.5. The van der Waals surface area contributed by atoms with Gasteiger partial charge in [0.25, 0.3) is 0 Å². The minimum atomic E-state index is -3.21. The van der Waals surface area contributed by atoms with E-state index in [1.54, 1.807) is 0 Å². The second-order valence-corrected chi connectivity index (χ2v) is 6.77. The zero-order valence-corrected chi connectivity index (χ0v) is 11.7. The number of sulfonamides is 1. The maximum Gasteiger partial charge on any atom is 0.229 e. The highest BCUT2D eigenvalue weighted by Crippen LogP contribution is 2.32. The van der Waals surface area contributed by atoms with Crippen LogP contribution in [-0.2, 0) is 16.4 Å². The number of benzene rings is 1. The molecule has 1 aromatic rings. The molecule has 0 bridgehead atoms. The molecule has 1 N–H and O–H groups in total. The molecular weight excluding hydrogens is 262 g/mol. The highest BCUT2D eigenvalue weighted by Gasteiger charge is 2.24. The molecule has 2 aliphatic rings. The van der Waals surface area contributed by atoms with Crippen molar-refractivity contribution in [2.24, 2.45) is 4.99 Å². The largest absolute Gasteiger partial charge is 0.330 e. The van der Waals surface area contributed by atoms with Gasteiger partial charge in [0.05, 0.1) is 6.26 Å². The van der Waals surface area contributed by atoms with Gasteiger partial charge in [0.15, 0.2) is 0 Å². The van der Waals surface area contributed by atoms with Crippen LogP contribution in [-0.4, -0.2) is 33.6 Å². The molecule has 2 heterocycles. The van der Waals surface area contributed by atoms with Crippen molar-refractivity contribution in [1.29, 1.82) is 0 Å². The van der Waals surface area contributed by atoms with Crippen molar-refractivity contribution in [3.05, 3.63) is 23.8 Å². The van der Waals surface area contributed by atoms with Gasteiger partial charge in [-0.3, -0.25) is 9.71 Å². The molecule has 19 heavy (non-hydrogen) atoms. The molecule has 3 rings (SSSR count). The lowest BCUT2D eigenvalue weighted by Crippen LogP contribution is -2.27. The molecule has 5 nitrogen and oxygen atoms in total. The van der Waals surface area contributed by atoms with Crippen molar-refractivity contribution in [3.8, 4) is 0 Å². The van der Waals surface area contributed by atoms with E-state index in [9.17, 15) is 8.42 Å². The first-order valence-corrected chi connectivity index (χ1v) is 8.34. The number of aliphatic imine (C=N–C) groups is 1. The van der Waals surface area contributed by atoms with Crippen LogP contribution < -0.4 is 9.62 Å². The Balaban J connectivity index is 1.88. The highest BCUT2D eigenvalue weighted by molar-refractivity contribution is 7.92. The normalized spacial score (nSPS) is 18.4. The summed E-state index contributed by atoms with van der Waals surface area (Å²) in [7, 11) is -3.21. The Kier molecular flexibility index (Phi) is 2.97. The number of rotatable bonds is 2. The molecule has 6 heteroatoms. The fraction of sp³-hybridized carbons (Fsp3) is 0.462. The molecule has 1 aromatic carbocycles. The molecule has 0 fully saturated rings. The zero-order valence-electron chi connectivity index (χ0n) is 10.9. The Morgan fingerprint density at radius 2 is 2.16 bits per heavy atom. The van der Waals surface area contributed by atoms with E-state index in [0.717, 1.165) is 32.4 Å². The van der Waals surface area contributed by atoms with Crippen LogP contribution in [0, 0.1) is 0 Å². The van der Waals surface area contributed by atoms with E-state index >= 15 is 0 Å². The van der Waals surface area contributed by atoms with Gasteiger partial charge >= 0.3 is 0 Å². The van der Waals surface area contributed by atoms with E-state index in [-0.39, 0.29) is 0 Å². The molecule has 102 valence electrons. The van der Waals surface area contributed by atoms with E-state index < -0.39 is 10.0 Å². The fourth-order valence-electron chi connectivity index (χ4n) is 2.69. The first kappa shape index (κ1) is 12.5. The molecule has 0 radical (unpaired) electrons. The maximum absolute atomic E-state index is 11.2. The summed E-state index contributed by atoms with van der Waals surface area (Å²) >= 11 is 0. The monoisotopic (exact) mass is 279 g/mol. The van der Waals surface area contributed by atoms with Gasteiger partial charge < -0.3 is 4.90 Å². The third kappa shape index (κ3) is 2.58. The molecule has 0 spiro atoms. The Hall–Kier alpha value is -1.56. The number of nitrogens with zero attached hydrogens (tertiary/aromatic N) is 2. The smallest absolute Gasteiger partial charge is 0.229 e. The van der Waals surface area contributed by atoms with Crippen LogP contribution in [0.5, 0.6) is 0 Å². The molecule has 2 aliphatic heterocycles. The van der Waals surface area contributed by atoms with E-state index in [0.29, 0.717) is 5.69 Å². The first-order valence-electron chi connectivity index (χ1n) is 6.44. The number of anilines is 2. The van der Waals surface area contributed by atoms with Crippen LogP contribution in [0.25, 0.3) is 0 Å². The van der Waals surface area contributed by atoms with Crippen molar-refractivity contribution < 1.29 is 8.42 Å². The molecule has 0 unspecified atom stereocenters. The summed E-state index contributed by atoms with van der Waals surface area (Å²) in [5, 5.41) is 0. The summed E-state index contributed by atoms with van der Waals surface area (Å²) < 4.78 is 25.0. The number of hydrogen-bond donors (Lipinski definition) is 1. The predicted octanol–water partition coefficient (Wildman–Crippen LogP) is 1.61. The predicted molar refractivity (Wildman–Crippen MR) is 77.5 cm³/mol. The van der Waals surface area contributed by atoms with Crippen molar-refractivity contribution in [2.75, 3.05) is 29.0 Å². The van der Waals surface area contributed by atoms with Crippen molar-refractivity contribution in [1.82, 2.24) is 0 Å². The number of fused-ring (bicyclic) bond motifs is 1. The number of amidine groups is 1. The summed E-state index contributed by atoms with van der Waals surface area (Å²) in [4.78, 5) is 6.79. The van der Waals surface area contributed by atoms with Gasteiger partial charge in [0.1, 0.15) is 5.84 Å². The third-order valence-corrected chi connectivity index (χ3v) is 4.05. The van der Waals surface area contributed by atoms with Crippen molar-refractivity contribution in [3.63, 3.8) is 0 Å². The van der Waals surface area contributed by atoms with E-state index in [4.69, 9.17) is 0 Å². The second-order valence-electron chi connectivity index (χ2n) is 5.02. The molecule has 0 amide bonds. The average Bonchev–Trinajstić information content (AvgIpc) is 2.93. The van der Waals surface area contributed by atoms with Crippen LogP contribution in [0.1, 0.15) is 18.4 Å². The highest BCUT2D eigenvalue weighted by atomic mass is 32.2. The van der Waals surface area contributed by atoms with E-state index in [2.05, 4.69) is 14.6 Å². The lowest BCUT2D eigenvalue weighted by molar-refractivity contribution is 0.607. The quantitative estimate of drug-likeness (QED) is 0.894. The summed E-state index contributed by atoms with van der Waals surface area (Å²) in [6.45, 7) is 1.87. The van der Waals surface area contributed by atoms with Gasteiger partial charge in [-0.1, -0.05) is 0 Å². The minimum absolute atomic E-state index is 0.636. The van der Waals surface area contributed by atoms with Crippen LogP contribution in [0.2, 0.25) is 0 Å². The molecule has 0 saturated carbocycles. The summed E-state index contributed by atoms with van der Waals surface area (Å²) in [6, 6.07) is 5.72. The number of hydrogen-bond acceptors (Lipinski definition) is 4. The standard InChI is InChI=1S/C13H17N3O2S/c1-19(17,18)15-11-4-5-12-10(9-11)6-8-16(12)13-3-2-7-14-13/h4-5,9,15H,2-3,6-8H2,1H3. The molecule has 0 saturated heterocycles. The van der Waals surface area contributed by atoms with Crippen LogP contribution in [0.3, 0.4) is 0 Å². The van der Waals surface area contributed by atoms with Gasteiger partial charge in [0.2, 0.25) is 10.0 Å². The van der Waals surface area contributed by atoms with Gasteiger partial charge in [-0.25, -0.2) is 8.42 Å². The lowest BCUT2D eigenvalue weighted by Gasteiger charge is -2.19. The van der Waals surface area contributed by atoms with Gasteiger partial charge in [-0.15, -0.1) is 0 Å². The van der Waals surface area contributed by atoms with Crippen molar-refractivity contribution >= 4 is 27.2 Å². The minimum Gasteiger partial charge on any atom is -0.330 e. The summed E-state index contributed by atoms with van der Waals surface area (Å²) in [5.74, 6) is 1.17. The molecular formula is C13H17N3O2S. The Bertz CT molecular complexity index is 637. The van der Waals surface area contributed by atoms with E-state index in [1.807, 2.05) is 18.2 Å². The lowest BCUT2D eigenvalue weighted by atomic mass is 10.1. The molecule has 0 aliphatic carbocycles.